The molecule has 2 aromatic rings. The summed E-state index contributed by atoms with van der Waals surface area (Å²) < 4.78 is 5.05. The number of aromatic nitrogens is 1. The molecule has 0 aliphatic carbocycles. The van der Waals surface area contributed by atoms with Crippen LogP contribution in [0.4, 0.5) is 0 Å². The van der Waals surface area contributed by atoms with Crippen LogP contribution in [0.15, 0.2) is 52.4 Å². The first-order chi connectivity index (χ1) is 8.63. The maximum absolute atomic E-state index is 11.4. The monoisotopic (exact) mass is 264 g/mol. The van der Waals surface area contributed by atoms with Crippen molar-refractivity contribution in [3.8, 4) is 0 Å². The van der Waals surface area contributed by atoms with E-state index >= 15 is 0 Å². The normalized spacial score (nSPS) is 14.1. The Labute approximate surface area is 108 Å². The molecule has 94 valence electrons. The largest absolute Gasteiger partial charge is 0.480 e. The van der Waals surface area contributed by atoms with Crippen molar-refractivity contribution >= 4 is 17.7 Å². The average molecular weight is 264 g/mol. The van der Waals surface area contributed by atoms with Crippen LogP contribution in [0, 0.1) is 0 Å². The molecule has 0 amide bonds. The van der Waals surface area contributed by atoms with E-state index in [0.29, 0.717) is 10.8 Å². The third-order valence-corrected chi connectivity index (χ3v) is 3.55. The fraction of sp³-hybridized carbons (Fsp3) is 0.167. The standard InChI is InChI=1S/C12H12N2O3S/c13-12(10(15)16,9-4-2-1-3-5-9)8-18-11-14-6-7-17-11/h1-7H,8,13H2,(H,15,16). The van der Waals surface area contributed by atoms with E-state index in [9.17, 15) is 9.90 Å². The fourth-order valence-corrected chi connectivity index (χ4v) is 2.36. The van der Waals surface area contributed by atoms with Gasteiger partial charge in [-0.15, -0.1) is 0 Å². The molecule has 3 N–H and O–H groups in total. The molecule has 0 radical (unpaired) electrons. The van der Waals surface area contributed by atoms with E-state index in [-0.39, 0.29) is 5.75 Å². The summed E-state index contributed by atoms with van der Waals surface area (Å²) in [7, 11) is 0. The Morgan fingerprint density at radius 1 is 1.44 bits per heavy atom. The van der Waals surface area contributed by atoms with Crippen LogP contribution < -0.4 is 5.73 Å². The minimum Gasteiger partial charge on any atom is -0.480 e. The third kappa shape index (κ3) is 2.55. The maximum atomic E-state index is 11.4. The lowest BCUT2D eigenvalue weighted by Crippen LogP contribution is -2.47. The first-order valence-electron chi connectivity index (χ1n) is 5.23. The first-order valence-corrected chi connectivity index (χ1v) is 6.21. The van der Waals surface area contributed by atoms with E-state index < -0.39 is 11.5 Å². The summed E-state index contributed by atoms with van der Waals surface area (Å²) in [4.78, 5) is 15.3. The minimum absolute atomic E-state index is 0.146. The summed E-state index contributed by atoms with van der Waals surface area (Å²) in [6.45, 7) is 0. The number of carboxylic acids is 1. The van der Waals surface area contributed by atoms with E-state index in [0.717, 1.165) is 0 Å². The average Bonchev–Trinajstić information content (AvgIpc) is 2.90. The van der Waals surface area contributed by atoms with Crippen molar-refractivity contribution in [1.82, 2.24) is 4.98 Å². The number of hydrogen-bond donors (Lipinski definition) is 2. The highest BCUT2D eigenvalue weighted by atomic mass is 32.2. The zero-order chi connectivity index (χ0) is 13.0. The molecule has 18 heavy (non-hydrogen) atoms. The Morgan fingerprint density at radius 2 is 2.17 bits per heavy atom. The van der Waals surface area contributed by atoms with Crippen molar-refractivity contribution in [2.45, 2.75) is 10.8 Å². The number of carboxylic acid groups (broad SMARTS) is 1. The summed E-state index contributed by atoms with van der Waals surface area (Å²) in [5.41, 5.74) is 5.08. The number of nitrogens with zero attached hydrogens (tertiary/aromatic N) is 1. The molecule has 0 aliphatic rings. The highest BCUT2D eigenvalue weighted by Crippen LogP contribution is 2.27. The van der Waals surface area contributed by atoms with Crippen molar-refractivity contribution < 1.29 is 14.3 Å². The molecule has 1 heterocycles. The van der Waals surface area contributed by atoms with Crippen LogP contribution in [0.5, 0.6) is 0 Å². The molecule has 0 saturated carbocycles. The second-order valence-electron chi connectivity index (χ2n) is 3.73. The van der Waals surface area contributed by atoms with Crippen LogP contribution >= 0.6 is 11.8 Å². The lowest BCUT2D eigenvalue weighted by Gasteiger charge is -2.24. The molecular weight excluding hydrogens is 252 g/mol. The number of thioether (sulfide) groups is 1. The molecule has 1 aromatic carbocycles. The van der Waals surface area contributed by atoms with Gasteiger partial charge in [0, 0.05) is 5.75 Å². The van der Waals surface area contributed by atoms with E-state index in [1.54, 1.807) is 24.3 Å². The Bertz CT molecular complexity index is 515. The van der Waals surface area contributed by atoms with Crippen molar-refractivity contribution in [2.24, 2.45) is 5.73 Å². The molecule has 0 bridgehead atoms. The van der Waals surface area contributed by atoms with Gasteiger partial charge in [0.25, 0.3) is 5.22 Å². The summed E-state index contributed by atoms with van der Waals surface area (Å²) in [6.07, 6.45) is 2.94. The smallest absolute Gasteiger partial charge is 0.329 e. The van der Waals surface area contributed by atoms with Crippen LogP contribution in [0.2, 0.25) is 0 Å². The van der Waals surface area contributed by atoms with Gasteiger partial charge in [-0.2, -0.15) is 0 Å². The van der Waals surface area contributed by atoms with Gasteiger partial charge in [0.1, 0.15) is 11.8 Å². The predicted molar refractivity (Wildman–Crippen MR) is 67.2 cm³/mol. The molecule has 0 fully saturated rings. The highest BCUT2D eigenvalue weighted by molar-refractivity contribution is 7.99. The lowest BCUT2D eigenvalue weighted by molar-refractivity contribution is -0.142. The quantitative estimate of drug-likeness (QED) is 0.799. The molecule has 6 heteroatoms. The highest BCUT2D eigenvalue weighted by Gasteiger charge is 2.36. The van der Waals surface area contributed by atoms with E-state index in [1.807, 2.05) is 6.07 Å². The van der Waals surface area contributed by atoms with Crippen molar-refractivity contribution in [2.75, 3.05) is 5.75 Å². The predicted octanol–water partition coefficient (Wildman–Crippen LogP) is 1.71. The van der Waals surface area contributed by atoms with Gasteiger partial charge < -0.3 is 15.3 Å². The van der Waals surface area contributed by atoms with E-state index in [1.165, 1.54) is 24.2 Å². The molecule has 1 unspecified atom stereocenters. The van der Waals surface area contributed by atoms with Gasteiger partial charge in [0.05, 0.1) is 6.20 Å². The van der Waals surface area contributed by atoms with Crippen LogP contribution in [0.25, 0.3) is 0 Å². The van der Waals surface area contributed by atoms with Crippen molar-refractivity contribution in [3.63, 3.8) is 0 Å². The zero-order valence-corrected chi connectivity index (χ0v) is 10.3. The molecule has 0 saturated heterocycles. The second-order valence-corrected chi connectivity index (χ2v) is 4.66. The van der Waals surface area contributed by atoms with Crippen LogP contribution in [-0.4, -0.2) is 21.8 Å². The molecular formula is C12H12N2O3S. The van der Waals surface area contributed by atoms with Crippen LogP contribution in [0.1, 0.15) is 5.56 Å². The molecule has 0 spiro atoms. The number of aliphatic carboxylic acids is 1. The Hall–Kier alpha value is -1.79. The van der Waals surface area contributed by atoms with Crippen LogP contribution in [0.3, 0.4) is 0 Å². The molecule has 0 aliphatic heterocycles. The Kier molecular flexibility index (Phi) is 3.69. The SMILES string of the molecule is NC(CSc1ncco1)(C(=O)O)c1ccccc1. The second kappa shape index (κ2) is 5.24. The lowest BCUT2D eigenvalue weighted by atomic mass is 9.93. The van der Waals surface area contributed by atoms with Crippen molar-refractivity contribution in [1.29, 1.82) is 0 Å². The van der Waals surface area contributed by atoms with Gasteiger partial charge in [-0.25, -0.2) is 9.78 Å². The van der Waals surface area contributed by atoms with Crippen LogP contribution in [-0.2, 0) is 10.3 Å². The fourth-order valence-electron chi connectivity index (χ4n) is 1.46. The maximum Gasteiger partial charge on any atom is 0.329 e. The Morgan fingerprint density at radius 3 is 2.72 bits per heavy atom. The van der Waals surface area contributed by atoms with E-state index in [4.69, 9.17) is 10.2 Å². The summed E-state index contributed by atoms with van der Waals surface area (Å²) >= 11 is 1.17. The number of benzene rings is 1. The summed E-state index contributed by atoms with van der Waals surface area (Å²) in [6, 6.07) is 8.73. The van der Waals surface area contributed by atoms with Gasteiger partial charge in [0.15, 0.2) is 0 Å². The Balaban J connectivity index is 2.20. The van der Waals surface area contributed by atoms with E-state index in [2.05, 4.69) is 4.98 Å². The third-order valence-electron chi connectivity index (χ3n) is 2.50. The van der Waals surface area contributed by atoms with Crippen molar-refractivity contribution in [3.05, 3.63) is 48.4 Å². The molecule has 5 nitrogen and oxygen atoms in total. The van der Waals surface area contributed by atoms with Gasteiger partial charge in [-0.1, -0.05) is 42.1 Å². The molecule has 1 aromatic heterocycles. The number of carbonyl (C=O) groups is 1. The number of rotatable bonds is 5. The molecule has 2 rings (SSSR count). The van der Waals surface area contributed by atoms with Gasteiger partial charge in [-0.05, 0) is 5.56 Å². The van der Waals surface area contributed by atoms with Gasteiger partial charge in [-0.3, -0.25) is 0 Å². The van der Waals surface area contributed by atoms with Gasteiger partial charge in [0.2, 0.25) is 0 Å². The summed E-state index contributed by atoms with van der Waals surface area (Å²) in [5, 5.41) is 9.73. The first kappa shape index (κ1) is 12.7. The number of hydrogen-bond acceptors (Lipinski definition) is 5. The zero-order valence-electron chi connectivity index (χ0n) is 9.45. The number of oxazole rings is 1. The van der Waals surface area contributed by atoms with Gasteiger partial charge >= 0.3 is 5.97 Å². The summed E-state index contributed by atoms with van der Waals surface area (Å²) in [5.74, 6) is -0.930. The minimum atomic E-state index is -1.46. The topological polar surface area (TPSA) is 89.4 Å². The number of nitrogens with two attached hydrogens (primary N) is 1. The molecule has 1 atom stereocenters.